The molecule has 2 N–H and O–H groups in total. The fraction of sp³-hybridized carbons (Fsp3) is 0.300. The van der Waals surface area contributed by atoms with Gasteiger partial charge in [0.25, 0.3) is 6.01 Å². The molecule has 1 aliphatic heterocycles. The first-order chi connectivity index (χ1) is 15.1. The molecule has 0 bridgehead atoms. The molecule has 10 nitrogen and oxygen atoms in total. The predicted molar refractivity (Wildman–Crippen MR) is 114 cm³/mol. The van der Waals surface area contributed by atoms with Crippen molar-refractivity contribution in [3.8, 4) is 17.3 Å². The molecular formula is C20H19ClN6O4. The summed E-state index contributed by atoms with van der Waals surface area (Å²) in [5.41, 5.74) is 3.76. The molecule has 1 aliphatic rings. The van der Waals surface area contributed by atoms with E-state index >= 15 is 0 Å². The van der Waals surface area contributed by atoms with Crippen LogP contribution in [0.25, 0.3) is 22.4 Å². The Kier molecular flexibility index (Phi) is 5.08. The van der Waals surface area contributed by atoms with Gasteiger partial charge in [-0.3, -0.25) is 9.51 Å². The van der Waals surface area contributed by atoms with Crippen LogP contribution in [0.3, 0.4) is 0 Å². The van der Waals surface area contributed by atoms with Crippen LogP contribution in [0.5, 0.6) is 6.01 Å². The molecule has 0 aliphatic carbocycles. The summed E-state index contributed by atoms with van der Waals surface area (Å²) in [6.07, 6.45) is -0.574. The number of H-pyrrole nitrogens is 2. The molecule has 1 fully saturated rings. The Hall–Kier alpha value is -3.37. The Morgan fingerprint density at radius 1 is 1.16 bits per heavy atom. The second kappa shape index (κ2) is 8.05. The predicted octanol–water partition coefficient (Wildman–Crippen LogP) is 2.93. The molecule has 0 amide bonds. The highest BCUT2D eigenvalue weighted by atomic mass is 35.5. The first-order valence-corrected chi connectivity index (χ1v) is 10.2. The number of rotatable bonds is 5. The number of hydrogen-bond acceptors (Lipinski definition) is 8. The monoisotopic (exact) mass is 442 g/mol. The Morgan fingerprint density at radius 3 is 2.65 bits per heavy atom. The Bertz CT molecular complexity index is 1260. The van der Waals surface area contributed by atoms with E-state index in [1.54, 1.807) is 13.0 Å². The largest absolute Gasteiger partial charge is 0.453 e. The van der Waals surface area contributed by atoms with Crippen LogP contribution in [0.1, 0.15) is 18.9 Å². The van der Waals surface area contributed by atoms with Crippen molar-refractivity contribution in [2.75, 3.05) is 31.2 Å². The van der Waals surface area contributed by atoms with Gasteiger partial charge in [-0.25, -0.2) is 9.78 Å². The van der Waals surface area contributed by atoms with Gasteiger partial charge in [0, 0.05) is 24.3 Å². The summed E-state index contributed by atoms with van der Waals surface area (Å²) in [6.45, 7) is 4.94. The van der Waals surface area contributed by atoms with Crippen LogP contribution in [-0.2, 0) is 4.74 Å². The van der Waals surface area contributed by atoms with Gasteiger partial charge in [0.2, 0.25) is 0 Å². The number of imidazole rings is 1. The molecule has 4 aromatic rings. The summed E-state index contributed by atoms with van der Waals surface area (Å²) in [5, 5.41) is 4.11. The summed E-state index contributed by atoms with van der Waals surface area (Å²) in [4.78, 5) is 27.9. The highest BCUT2D eigenvalue weighted by molar-refractivity contribution is 6.33. The number of fused-ring (bicyclic) bond motifs is 1. The van der Waals surface area contributed by atoms with Gasteiger partial charge in [-0.05, 0) is 25.1 Å². The molecule has 0 saturated carbocycles. The number of anilines is 1. The first-order valence-electron chi connectivity index (χ1n) is 9.79. The van der Waals surface area contributed by atoms with E-state index in [0.29, 0.717) is 21.9 Å². The Morgan fingerprint density at radius 2 is 1.94 bits per heavy atom. The number of nitrogens with one attached hydrogen (secondary N) is 2. The van der Waals surface area contributed by atoms with Crippen LogP contribution in [0.4, 0.5) is 5.69 Å². The molecular weight excluding hydrogens is 424 g/mol. The van der Waals surface area contributed by atoms with Gasteiger partial charge in [0.05, 0.1) is 29.4 Å². The zero-order chi connectivity index (χ0) is 21.4. The molecule has 11 heteroatoms. The molecule has 5 rings (SSSR count). The van der Waals surface area contributed by atoms with Gasteiger partial charge < -0.3 is 19.4 Å². The lowest BCUT2D eigenvalue weighted by atomic mass is 10.1. The lowest BCUT2D eigenvalue weighted by Crippen LogP contribution is -2.36. The topological polar surface area (TPSA) is 122 Å². The van der Waals surface area contributed by atoms with Gasteiger partial charge in [0.15, 0.2) is 17.6 Å². The highest BCUT2D eigenvalue weighted by Crippen LogP contribution is 2.31. The van der Waals surface area contributed by atoms with E-state index in [2.05, 4.69) is 46.6 Å². The molecule has 0 radical (unpaired) electrons. The molecule has 1 aromatic carbocycles. The smallest absolute Gasteiger partial charge is 0.439 e. The second-order valence-electron chi connectivity index (χ2n) is 7.12. The summed E-state index contributed by atoms with van der Waals surface area (Å²) in [7, 11) is 0. The zero-order valence-electron chi connectivity index (χ0n) is 16.6. The molecule has 0 spiro atoms. The number of aromatic nitrogens is 5. The minimum atomic E-state index is -0.646. The van der Waals surface area contributed by atoms with Crippen molar-refractivity contribution in [2.45, 2.75) is 13.0 Å². The van der Waals surface area contributed by atoms with E-state index in [9.17, 15) is 4.79 Å². The number of ether oxygens (including phenoxy) is 2. The van der Waals surface area contributed by atoms with Crippen molar-refractivity contribution in [3.63, 3.8) is 0 Å². The second-order valence-corrected chi connectivity index (χ2v) is 7.53. The molecule has 31 heavy (non-hydrogen) atoms. The molecule has 160 valence electrons. The van der Waals surface area contributed by atoms with Gasteiger partial charge in [-0.15, -0.1) is 0 Å². The quantitative estimate of drug-likeness (QED) is 0.483. The lowest BCUT2D eigenvalue weighted by molar-refractivity contribution is 0.122. The maximum Gasteiger partial charge on any atom is 0.439 e. The SMILES string of the molecule is CC(Oc1nc2nc(-c3ccc(N4CCOCC4)cc3)c(Cl)cc2[nH]1)c1noc(=O)[nH]1. The number of benzene rings is 1. The van der Waals surface area contributed by atoms with Gasteiger partial charge in [0.1, 0.15) is 0 Å². The van der Waals surface area contributed by atoms with Crippen molar-refractivity contribution in [1.82, 2.24) is 25.1 Å². The summed E-state index contributed by atoms with van der Waals surface area (Å²) < 4.78 is 15.6. The van der Waals surface area contributed by atoms with Crippen molar-refractivity contribution >= 4 is 28.5 Å². The highest BCUT2D eigenvalue weighted by Gasteiger charge is 2.17. The van der Waals surface area contributed by atoms with Crippen molar-refractivity contribution in [1.29, 1.82) is 0 Å². The number of aromatic amines is 2. The fourth-order valence-electron chi connectivity index (χ4n) is 3.45. The standard InChI is InChI=1S/C20H19ClN6O4/c1-11(17-25-20(28)31-26-17)30-19-22-15-10-14(21)16(23-18(15)24-19)12-2-4-13(5-3-12)27-6-8-29-9-7-27/h2-5,10-11H,6-9H2,1H3,(H,22,23,24)(H,25,26,28). The van der Waals surface area contributed by atoms with Crippen molar-refractivity contribution < 1.29 is 14.0 Å². The molecule has 1 unspecified atom stereocenters. The van der Waals surface area contributed by atoms with E-state index in [1.807, 2.05) is 12.1 Å². The zero-order valence-corrected chi connectivity index (χ0v) is 17.3. The third-order valence-corrected chi connectivity index (χ3v) is 5.34. The number of pyridine rings is 1. The maximum absolute atomic E-state index is 11.1. The van der Waals surface area contributed by atoms with E-state index in [1.165, 1.54) is 0 Å². The minimum Gasteiger partial charge on any atom is -0.453 e. The van der Waals surface area contributed by atoms with Crippen molar-refractivity contribution in [3.05, 3.63) is 51.7 Å². The first kappa shape index (κ1) is 19.6. The number of morpholine rings is 1. The molecule has 3 aromatic heterocycles. The van der Waals surface area contributed by atoms with E-state index < -0.39 is 11.9 Å². The minimum absolute atomic E-state index is 0.231. The summed E-state index contributed by atoms with van der Waals surface area (Å²) in [6, 6.07) is 10.1. The van der Waals surface area contributed by atoms with Crippen LogP contribution in [0.2, 0.25) is 5.02 Å². The van der Waals surface area contributed by atoms with Crippen LogP contribution in [0, 0.1) is 0 Å². The van der Waals surface area contributed by atoms with E-state index in [0.717, 1.165) is 37.6 Å². The van der Waals surface area contributed by atoms with Crippen molar-refractivity contribution in [2.24, 2.45) is 0 Å². The van der Waals surface area contributed by atoms with E-state index in [4.69, 9.17) is 21.1 Å². The van der Waals surface area contributed by atoms with Crippen LogP contribution in [0.15, 0.2) is 39.6 Å². The normalized spacial score (nSPS) is 15.4. The number of nitrogens with zero attached hydrogens (tertiary/aromatic N) is 4. The average molecular weight is 443 g/mol. The maximum atomic E-state index is 11.1. The Labute approximate surface area is 181 Å². The van der Waals surface area contributed by atoms with E-state index in [-0.39, 0.29) is 11.8 Å². The van der Waals surface area contributed by atoms with Gasteiger partial charge >= 0.3 is 5.76 Å². The fourth-order valence-corrected chi connectivity index (χ4v) is 3.71. The molecule has 1 atom stereocenters. The summed E-state index contributed by atoms with van der Waals surface area (Å²) >= 11 is 6.50. The number of hydrogen-bond donors (Lipinski definition) is 2. The van der Waals surface area contributed by atoms with Gasteiger partial charge in [-0.1, -0.05) is 28.9 Å². The third-order valence-electron chi connectivity index (χ3n) is 5.05. The average Bonchev–Trinajstić information content (AvgIpc) is 3.39. The number of halogens is 1. The summed E-state index contributed by atoms with van der Waals surface area (Å²) in [5.74, 6) is -0.384. The third kappa shape index (κ3) is 3.99. The molecule has 1 saturated heterocycles. The lowest BCUT2D eigenvalue weighted by Gasteiger charge is -2.28. The van der Waals surface area contributed by atoms with Gasteiger partial charge in [-0.2, -0.15) is 4.98 Å². The molecule has 4 heterocycles. The van der Waals surface area contributed by atoms with Crippen LogP contribution >= 0.6 is 11.6 Å². The van der Waals surface area contributed by atoms with Crippen LogP contribution in [-0.4, -0.2) is 51.4 Å². The Balaban J connectivity index is 1.39. The van der Waals surface area contributed by atoms with Crippen LogP contribution < -0.4 is 15.4 Å².